The molecule has 2 heterocycles. The Kier molecular flexibility index (Phi) is 5.02. The lowest BCUT2D eigenvalue weighted by Gasteiger charge is -2.07. The Morgan fingerprint density at radius 1 is 1.29 bits per heavy atom. The molecule has 0 saturated heterocycles. The lowest BCUT2D eigenvalue weighted by molar-refractivity contribution is -0.273. The van der Waals surface area contributed by atoms with Crippen molar-refractivity contribution in [2.75, 3.05) is 0 Å². The molecule has 0 unspecified atom stereocenters. The van der Waals surface area contributed by atoms with E-state index in [1.165, 1.54) is 25.1 Å². The van der Waals surface area contributed by atoms with Crippen LogP contribution in [0, 0.1) is 6.92 Å². The Hall–Kier alpha value is -2.72. The Balaban J connectivity index is 2.14. The van der Waals surface area contributed by atoms with Gasteiger partial charge in [0.05, 0.1) is 21.8 Å². The number of carboxylic acids is 1. The van der Waals surface area contributed by atoms with Gasteiger partial charge in [0, 0.05) is 11.1 Å². The average Bonchev–Trinajstić information content (AvgIpc) is 3.10. The van der Waals surface area contributed by atoms with Crippen LogP contribution in [0.25, 0.3) is 10.9 Å². The van der Waals surface area contributed by atoms with Crippen molar-refractivity contribution in [2.24, 2.45) is 0 Å². The van der Waals surface area contributed by atoms with Crippen LogP contribution in [0.5, 0.6) is 10.8 Å². The number of halogens is 4. The average molecular weight is 434 g/mol. The first kappa shape index (κ1) is 20.0. The number of aliphatic carboxylic acids is 1. The molecule has 0 atom stereocenters. The van der Waals surface area contributed by atoms with E-state index in [1.54, 1.807) is 0 Å². The van der Waals surface area contributed by atoms with Gasteiger partial charge in [0.25, 0.3) is 5.91 Å². The van der Waals surface area contributed by atoms with Crippen LogP contribution in [0.1, 0.15) is 20.9 Å². The van der Waals surface area contributed by atoms with E-state index in [1.807, 2.05) is 0 Å². The summed E-state index contributed by atoms with van der Waals surface area (Å²) in [6, 6.07) is 4.74. The standard InChI is InChI=1S/C17H11ClF3NO5S/c1-7-8(5-14(24)25)9-4-12(23)10(18)6-11(9)22(7)16(26)13-2-3-15(28-13)27-17(19,20)21/h2-4,6,23H,5H2,1H3,(H,24,25). The Labute approximate surface area is 164 Å². The predicted octanol–water partition coefficient (Wildman–Crippen LogP) is 4.58. The van der Waals surface area contributed by atoms with E-state index in [4.69, 9.17) is 16.7 Å². The van der Waals surface area contributed by atoms with Crippen molar-refractivity contribution in [3.05, 3.63) is 45.4 Å². The Bertz CT molecular complexity index is 1100. The zero-order valence-electron chi connectivity index (χ0n) is 14.0. The van der Waals surface area contributed by atoms with Crippen molar-refractivity contribution in [1.82, 2.24) is 4.57 Å². The number of thiophene rings is 1. The highest BCUT2D eigenvalue weighted by Gasteiger charge is 2.32. The van der Waals surface area contributed by atoms with Crippen LogP contribution in [0.3, 0.4) is 0 Å². The largest absolute Gasteiger partial charge is 0.573 e. The van der Waals surface area contributed by atoms with Crippen LogP contribution in [0.15, 0.2) is 24.3 Å². The number of phenolic OH excluding ortho intramolecular Hbond substituents is 1. The third-order valence-corrected chi connectivity index (χ3v) is 5.20. The van der Waals surface area contributed by atoms with E-state index in [2.05, 4.69) is 4.74 Å². The number of benzene rings is 1. The number of hydrogen-bond acceptors (Lipinski definition) is 5. The number of carbonyl (C=O) groups excluding carboxylic acids is 1. The molecule has 1 aromatic carbocycles. The molecule has 2 aromatic heterocycles. The molecule has 148 valence electrons. The van der Waals surface area contributed by atoms with Gasteiger partial charge in [0.2, 0.25) is 0 Å². The van der Waals surface area contributed by atoms with E-state index in [0.717, 1.165) is 10.6 Å². The van der Waals surface area contributed by atoms with Crippen LogP contribution < -0.4 is 4.74 Å². The summed E-state index contributed by atoms with van der Waals surface area (Å²) in [5, 5.41) is 18.7. The molecule has 11 heteroatoms. The third-order valence-electron chi connectivity index (χ3n) is 3.94. The number of aromatic nitrogens is 1. The van der Waals surface area contributed by atoms with Crippen LogP contribution in [-0.4, -0.2) is 33.0 Å². The highest BCUT2D eigenvalue weighted by atomic mass is 35.5. The number of carbonyl (C=O) groups is 2. The van der Waals surface area contributed by atoms with Crippen LogP contribution in [0.4, 0.5) is 13.2 Å². The fraction of sp³-hybridized carbons (Fsp3) is 0.176. The molecule has 3 rings (SSSR count). The second kappa shape index (κ2) is 7.02. The van der Waals surface area contributed by atoms with E-state index in [9.17, 15) is 27.9 Å². The van der Waals surface area contributed by atoms with Gasteiger partial charge in [0.15, 0.2) is 5.06 Å². The smallest absolute Gasteiger partial charge is 0.506 e. The first-order valence-corrected chi connectivity index (χ1v) is 8.82. The lowest BCUT2D eigenvalue weighted by Crippen LogP contribution is -2.16. The molecule has 0 aliphatic heterocycles. The molecule has 0 amide bonds. The van der Waals surface area contributed by atoms with E-state index in [-0.39, 0.29) is 32.4 Å². The van der Waals surface area contributed by atoms with Crippen molar-refractivity contribution < 1.29 is 37.7 Å². The van der Waals surface area contributed by atoms with Crippen molar-refractivity contribution >= 4 is 45.7 Å². The summed E-state index contributed by atoms with van der Waals surface area (Å²) in [6.07, 6.45) is -5.31. The molecule has 28 heavy (non-hydrogen) atoms. The molecule has 0 saturated carbocycles. The molecule has 0 radical (unpaired) electrons. The van der Waals surface area contributed by atoms with Gasteiger partial charge in [-0.15, -0.1) is 13.2 Å². The number of rotatable bonds is 4. The number of alkyl halides is 3. The van der Waals surface area contributed by atoms with E-state index in [0.29, 0.717) is 16.7 Å². The van der Waals surface area contributed by atoms with Gasteiger partial charge in [-0.25, -0.2) is 0 Å². The van der Waals surface area contributed by atoms with Gasteiger partial charge in [0.1, 0.15) is 5.75 Å². The SMILES string of the molecule is Cc1c(CC(=O)O)c2cc(O)c(Cl)cc2n1C(=O)c1ccc(OC(F)(F)F)s1. The predicted molar refractivity (Wildman–Crippen MR) is 95.4 cm³/mol. The highest BCUT2D eigenvalue weighted by Crippen LogP contribution is 2.36. The van der Waals surface area contributed by atoms with Crippen LogP contribution in [-0.2, 0) is 11.2 Å². The molecule has 3 aromatic rings. The number of nitrogens with zero attached hydrogens (tertiary/aromatic N) is 1. The Morgan fingerprint density at radius 3 is 2.57 bits per heavy atom. The first-order chi connectivity index (χ1) is 13.0. The fourth-order valence-corrected chi connectivity index (χ4v) is 3.80. The summed E-state index contributed by atoms with van der Waals surface area (Å²) in [5.41, 5.74) is 0.787. The number of phenols is 1. The van der Waals surface area contributed by atoms with E-state index >= 15 is 0 Å². The summed E-state index contributed by atoms with van der Waals surface area (Å²) in [6.45, 7) is 1.50. The van der Waals surface area contributed by atoms with Gasteiger partial charge >= 0.3 is 12.3 Å². The maximum Gasteiger partial charge on any atom is 0.573 e. The number of aromatic hydroxyl groups is 1. The van der Waals surface area contributed by atoms with Crippen molar-refractivity contribution in [3.63, 3.8) is 0 Å². The number of hydrogen-bond donors (Lipinski definition) is 2. The van der Waals surface area contributed by atoms with Gasteiger partial charge in [-0.2, -0.15) is 0 Å². The van der Waals surface area contributed by atoms with E-state index < -0.39 is 29.7 Å². The van der Waals surface area contributed by atoms with Crippen molar-refractivity contribution in [1.29, 1.82) is 0 Å². The van der Waals surface area contributed by atoms with Crippen molar-refractivity contribution in [3.8, 4) is 10.8 Å². The second-order valence-corrected chi connectivity index (χ2v) is 7.22. The number of carboxylic acid groups (broad SMARTS) is 1. The molecular formula is C17H11ClF3NO5S. The minimum absolute atomic E-state index is 0.0506. The van der Waals surface area contributed by atoms with Gasteiger partial charge in [-0.3, -0.25) is 14.2 Å². The quantitative estimate of drug-likeness (QED) is 0.628. The highest BCUT2D eigenvalue weighted by molar-refractivity contribution is 7.15. The molecule has 6 nitrogen and oxygen atoms in total. The molecule has 0 bridgehead atoms. The zero-order chi connectivity index (χ0) is 20.8. The minimum Gasteiger partial charge on any atom is -0.506 e. The maximum absolute atomic E-state index is 12.9. The second-order valence-electron chi connectivity index (χ2n) is 5.76. The molecule has 0 aliphatic carbocycles. The summed E-state index contributed by atoms with van der Waals surface area (Å²) in [5.74, 6) is -2.12. The minimum atomic E-state index is -4.89. The van der Waals surface area contributed by atoms with Gasteiger partial charge in [-0.05, 0) is 36.8 Å². The van der Waals surface area contributed by atoms with Gasteiger partial charge in [-0.1, -0.05) is 22.9 Å². The summed E-state index contributed by atoms with van der Waals surface area (Å²) in [7, 11) is 0. The Morgan fingerprint density at radius 2 is 1.96 bits per heavy atom. The van der Waals surface area contributed by atoms with Gasteiger partial charge < -0.3 is 14.9 Å². The summed E-state index contributed by atoms with van der Waals surface area (Å²) < 4.78 is 42.0. The summed E-state index contributed by atoms with van der Waals surface area (Å²) in [4.78, 5) is 24.1. The molecular weight excluding hydrogens is 423 g/mol. The molecule has 2 N–H and O–H groups in total. The molecule has 0 aliphatic rings. The topological polar surface area (TPSA) is 88.8 Å². The van der Waals surface area contributed by atoms with Crippen LogP contribution in [0.2, 0.25) is 5.02 Å². The van der Waals surface area contributed by atoms with Crippen LogP contribution >= 0.6 is 22.9 Å². The molecule has 0 spiro atoms. The third kappa shape index (κ3) is 3.78. The number of fused-ring (bicyclic) bond motifs is 1. The maximum atomic E-state index is 12.9. The zero-order valence-corrected chi connectivity index (χ0v) is 15.6. The normalized spacial score (nSPS) is 11.8. The number of ether oxygens (including phenoxy) is 1. The summed E-state index contributed by atoms with van der Waals surface area (Å²) >= 11 is 6.42. The van der Waals surface area contributed by atoms with Crippen molar-refractivity contribution in [2.45, 2.75) is 19.7 Å². The molecule has 0 fully saturated rings. The first-order valence-electron chi connectivity index (χ1n) is 7.62. The lowest BCUT2D eigenvalue weighted by atomic mass is 10.1. The fourth-order valence-electron chi connectivity index (χ4n) is 2.84. The monoisotopic (exact) mass is 433 g/mol.